The first-order chi connectivity index (χ1) is 6.97. The lowest BCUT2D eigenvalue weighted by molar-refractivity contribution is -0.147. The van der Waals surface area contributed by atoms with Crippen LogP contribution in [0.4, 0.5) is 0 Å². The van der Waals surface area contributed by atoms with Gasteiger partial charge in [0.1, 0.15) is 6.04 Å². The highest BCUT2D eigenvalue weighted by Gasteiger charge is 2.20. The molecule has 0 radical (unpaired) electrons. The molecular formula is C11H21NO3. The summed E-state index contributed by atoms with van der Waals surface area (Å²) >= 11 is 0. The number of amides is 1. The first-order valence-electron chi connectivity index (χ1n) is 5.41. The van der Waals surface area contributed by atoms with Crippen molar-refractivity contribution in [1.29, 1.82) is 0 Å². The zero-order valence-corrected chi connectivity index (χ0v) is 10.0. The van der Waals surface area contributed by atoms with Gasteiger partial charge in [0.15, 0.2) is 0 Å². The predicted molar refractivity (Wildman–Crippen MR) is 58.3 cm³/mol. The molecule has 88 valence electrons. The van der Waals surface area contributed by atoms with Gasteiger partial charge in [0.2, 0.25) is 5.91 Å². The molecule has 0 spiro atoms. The van der Waals surface area contributed by atoms with Gasteiger partial charge in [0.25, 0.3) is 0 Å². The van der Waals surface area contributed by atoms with Crippen molar-refractivity contribution in [3.63, 3.8) is 0 Å². The topological polar surface area (TPSA) is 55.4 Å². The van der Waals surface area contributed by atoms with Crippen LogP contribution in [0, 0.1) is 5.92 Å². The normalized spacial score (nSPS) is 12.3. The fourth-order valence-electron chi connectivity index (χ4n) is 1.24. The summed E-state index contributed by atoms with van der Waals surface area (Å²) in [4.78, 5) is 22.3. The molecule has 0 saturated carbocycles. The quantitative estimate of drug-likeness (QED) is 0.683. The smallest absolute Gasteiger partial charge is 0.328 e. The third kappa shape index (κ3) is 6.94. The fraction of sp³-hybridized carbons (Fsp3) is 0.818. The number of nitrogens with one attached hydrogen (secondary N) is 1. The number of rotatable bonds is 6. The number of esters is 1. The third-order valence-corrected chi connectivity index (χ3v) is 1.98. The van der Waals surface area contributed by atoms with E-state index in [2.05, 4.69) is 19.2 Å². The van der Waals surface area contributed by atoms with Crippen LogP contribution in [0.5, 0.6) is 0 Å². The van der Waals surface area contributed by atoms with Crippen LogP contribution in [0.3, 0.4) is 0 Å². The molecule has 1 N–H and O–H groups in total. The van der Waals surface area contributed by atoms with Crippen LogP contribution < -0.4 is 5.32 Å². The largest absolute Gasteiger partial charge is 0.464 e. The Morgan fingerprint density at radius 2 is 1.87 bits per heavy atom. The fourth-order valence-corrected chi connectivity index (χ4v) is 1.24. The van der Waals surface area contributed by atoms with Gasteiger partial charge in [0.05, 0.1) is 6.61 Å². The number of carbonyl (C=O) groups is 2. The van der Waals surface area contributed by atoms with Crippen LogP contribution >= 0.6 is 0 Å². The lowest BCUT2D eigenvalue weighted by Crippen LogP contribution is -2.40. The maximum absolute atomic E-state index is 11.5. The molecule has 0 aliphatic heterocycles. The highest BCUT2D eigenvalue weighted by molar-refractivity contribution is 5.83. The molecule has 1 atom stereocenters. The van der Waals surface area contributed by atoms with Crippen LogP contribution in [0.15, 0.2) is 0 Å². The van der Waals surface area contributed by atoms with Crippen LogP contribution in [0.2, 0.25) is 0 Å². The van der Waals surface area contributed by atoms with E-state index in [9.17, 15) is 9.59 Å². The van der Waals surface area contributed by atoms with Crippen LogP contribution in [-0.4, -0.2) is 24.5 Å². The lowest BCUT2D eigenvalue weighted by Gasteiger charge is -2.17. The minimum absolute atomic E-state index is 0.197. The molecule has 0 aliphatic carbocycles. The second-order valence-corrected chi connectivity index (χ2v) is 3.98. The maximum Gasteiger partial charge on any atom is 0.328 e. The third-order valence-electron chi connectivity index (χ3n) is 1.98. The van der Waals surface area contributed by atoms with Crippen molar-refractivity contribution in [2.75, 3.05) is 6.61 Å². The Balaban J connectivity index is 4.17. The van der Waals surface area contributed by atoms with Crippen LogP contribution in [0.25, 0.3) is 0 Å². The van der Waals surface area contributed by atoms with E-state index in [4.69, 9.17) is 4.74 Å². The van der Waals surface area contributed by atoms with E-state index in [1.807, 2.05) is 0 Å². The summed E-state index contributed by atoms with van der Waals surface area (Å²) in [6, 6.07) is -0.496. The van der Waals surface area contributed by atoms with E-state index in [1.54, 1.807) is 6.92 Å². The van der Waals surface area contributed by atoms with E-state index >= 15 is 0 Å². The maximum atomic E-state index is 11.5. The number of carbonyl (C=O) groups excluding carboxylic acids is 2. The van der Waals surface area contributed by atoms with E-state index in [0.717, 1.165) is 6.42 Å². The average molecular weight is 215 g/mol. The van der Waals surface area contributed by atoms with Crippen molar-refractivity contribution in [2.45, 2.75) is 46.6 Å². The zero-order valence-electron chi connectivity index (χ0n) is 10.0. The second-order valence-electron chi connectivity index (χ2n) is 3.98. The Kier molecular flexibility index (Phi) is 6.75. The molecule has 15 heavy (non-hydrogen) atoms. The summed E-state index contributed by atoms with van der Waals surface area (Å²) in [5, 5.41) is 2.61. The molecule has 4 nitrogen and oxygen atoms in total. The van der Waals surface area contributed by atoms with Gasteiger partial charge in [-0.2, -0.15) is 0 Å². The summed E-state index contributed by atoms with van der Waals surface area (Å²) in [5.74, 6) is -0.0270. The minimum atomic E-state index is -0.496. The van der Waals surface area contributed by atoms with Gasteiger partial charge in [-0.05, 0) is 25.7 Å². The Morgan fingerprint density at radius 1 is 1.27 bits per heavy atom. The van der Waals surface area contributed by atoms with Gasteiger partial charge in [-0.25, -0.2) is 4.79 Å². The molecule has 1 unspecified atom stereocenters. The number of hydrogen-bond acceptors (Lipinski definition) is 3. The Hall–Kier alpha value is -1.06. The van der Waals surface area contributed by atoms with Crippen LogP contribution in [-0.2, 0) is 14.3 Å². The molecule has 0 aromatic rings. The average Bonchev–Trinajstić information content (AvgIpc) is 2.11. The molecule has 0 heterocycles. The molecule has 4 heteroatoms. The van der Waals surface area contributed by atoms with Crippen molar-refractivity contribution in [2.24, 2.45) is 5.92 Å². The van der Waals surface area contributed by atoms with Crippen LogP contribution in [0.1, 0.15) is 40.5 Å². The highest BCUT2D eigenvalue weighted by atomic mass is 16.5. The van der Waals surface area contributed by atoms with Gasteiger partial charge >= 0.3 is 5.97 Å². The summed E-state index contributed by atoms with van der Waals surface area (Å²) < 4.78 is 4.88. The molecule has 0 saturated heterocycles. The molecule has 0 fully saturated rings. The zero-order chi connectivity index (χ0) is 11.8. The minimum Gasteiger partial charge on any atom is -0.464 e. The summed E-state index contributed by atoms with van der Waals surface area (Å²) in [5.41, 5.74) is 0. The predicted octanol–water partition coefficient (Wildman–Crippen LogP) is 1.49. The molecule has 0 aromatic carbocycles. The van der Waals surface area contributed by atoms with Crippen molar-refractivity contribution in [1.82, 2.24) is 5.32 Å². The lowest BCUT2D eigenvalue weighted by atomic mass is 10.0. The first-order valence-corrected chi connectivity index (χ1v) is 5.41. The molecule has 0 bridgehead atoms. The number of ether oxygens (including phenoxy) is 1. The van der Waals surface area contributed by atoms with Crippen molar-refractivity contribution >= 4 is 11.9 Å². The van der Waals surface area contributed by atoms with E-state index in [1.165, 1.54) is 6.92 Å². The van der Waals surface area contributed by atoms with E-state index in [-0.39, 0.29) is 11.9 Å². The first kappa shape index (κ1) is 13.9. The molecule has 1 amide bonds. The Morgan fingerprint density at radius 3 is 2.27 bits per heavy atom. The van der Waals surface area contributed by atoms with Gasteiger partial charge < -0.3 is 10.1 Å². The second kappa shape index (κ2) is 7.26. The summed E-state index contributed by atoms with van der Waals surface area (Å²) in [7, 11) is 0. The SMILES string of the molecule is CCOC(=O)C(CCC(C)C)NC(C)=O. The van der Waals surface area contributed by atoms with Gasteiger partial charge in [-0.1, -0.05) is 13.8 Å². The van der Waals surface area contributed by atoms with Crippen molar-refractivity contribution in [3.8, 4) is 0 Å². The van der Waals surface area contributed by atoms with Crippen molar-refractivity contribution < 1.29 is 14.3 Å². The molecule has 0 aliphatic rings. The Labute approximate surface area is 91.4 Å². The molecular weight excluding hydrogens is 194 g/mol. The highest BCUT2D eigenvalue weighted by Crippen LogP contribution is 2.08. The standard InChI is InChI=1S/C11H21NO3/c1-5-15-11(14)10(12-9(4)13)7-6-8(2)3/h8,10H,5-7H2,1-4H3,(H,12,13). The van der Waals surface area contributed by atoms with Crippen molar-refractivity contribution in [3.05, 3.63) is 0 Å². The Bertz CT molecular complexity index is 214. The number of hydrogen-bond donors (Lipinski definition) is 1. The molecule has 0 rings (SSSR count). The van der Waals surface area contributed by atoms with Gasteiger partial charge in [-0.15, -0.1) is 0 Å². The summed E-state index contributed by atoms with van der Waals surface area (Å²) in [6.07, 6.45) is 1.53. The summed E-state index contributed by atoms with van der Waals surface area (Å²) in [6.45, 7) is 7.66. The van der Waals surface area contributed by atoms with E-state index in [0.29, 0.717) is 18.9 Å². The van der Waals surface area contributed by atoms with Gasteiger partial charge in [-0.3, -0.25) is 4.79 Å². The van der Waals surface area contributed by atoms with E-state index < -0.39 is 6.04 Å². The van der Waals surface area contributed by atoms with Gasteiger partial charge in [0, 0.05) is 6.92 Å². The molecule has 0 aromatic heterocycles. The monoisotopic (exact) mass is 215 g/mol.